The van der Waals surface area contributed by atoms with Crippen molar-refractivity contribution in [1.29, 1.82) is 0 Å². The van der Waals surface area contributed by atoms with Crippen LogP contribution in [-0.4, -0.2) is 0 Å². The quantitative estimate of drug-likeness (QED) is 0.404. The van der Waals surface area contributed by atoms with Gasteiger partial charge in [-0.1, -0.05) is 54.1 Å². The van der Waals surface area contributed by atoms with Crippen LogP contribution in [0.15, 0.2) is 60.7 Å². The maximum atomic E-state index is 14.0. The minimum Gasteiger partial charge on any atom is -0.207 e. The second-order valence-electron chi connectivity index (χ2n) is 6.16. The molecule has 23 heavy (non-hydrogen) atoms. The summed E-state index contributed by atoms with van der Waals surface area (Å²) >= 11 is 0. The molecular formula is C22H17F. The fraction of sp³-hybridized carbons (Fsp3) is 0.0909. The average Bonchev–Trinajstić information content (AvgIpc) is 2.84. The van der Waals surface area contributed by atoms with Crippen LogP contribution < -0.4 is 0 Å². The summed E-state index contributed by atoms with van der Waals surface area (Å²) in [6.07, 6.45) is 2.16. The first-order valence-corrected chi connectivity index (χ1v) is 7.82. The molecule has 3 aromatic rings. The molecule has 0 radical (unpaired) electrons. The van der Waals surface area contributed by atoms with Crippen molar-refractivity contribution < 1.29 is 4.39 Å². The van der Waals surface area contributed by atoms with Gasteiger partial charge in [-0.25, -0.2) is 4.39 Å². The maximum absolute atomic E-state index is 14.0. The van der Waals surface area contributed by atoms with E-state index in [1.54, 1.807) is 12.1 Å². The SMILES string of the molecule is Cc1ccc(/C=C2\c3ccccc3-c3c(C)cc(F)cc32)cc1. The monoisotopic (exact) mass is 300 g/mol. The molecule has 0 heterocycles. The van der Waals surface area contributed by atoms with Crippen molar-refractivity contribution in [2.45, 2.75) is 13.8 Å². The summed E-state index contributed by atoms with van der Waals surface area (Å²) in [5, 5.41) is 0. The van der Waals surface area contributed by atoms with E-state index < -0.39 is 0 Å². The van der Waals surface area contributed by atoms with E-state index in [0.717, 1.165) is 27.8 Å². The van der Waals surface area contributed by atoms with Gasteiger partial charge in [-0.2, -0.15) is 0 Å². The van der Waals surface area contributed by atoms with Gasteiger partial charge >= 0.3 is 0 Å². The Hall–Kier alpha value is -2.67. The lowest BCUT2D eigenvalue weighted by Gasteiger charge is -2.06. The molecule has 0 nitrogen and oxygen atoms in total. The molecule has 0 aromatic heterocycles. The highest BCUT2D eigenvalue weighted by Gasteiger charge is 2.25. The topological polar surface area (TPSA) is 0 Å². The number of rotatable bonds is 1. The highest BCUT2D eigenvalue weighted by atomic mass is 19.1. The number of halogens is 1. The third-order valence-electron chi connectivity index (χ3n) is 4.47. The molecular weight excluding hydrogens is 283 g/mol. The van der Waals surface area contributed by atoms with Crippen LogP contribution in [0.25, 0.3) is 22.8 Å². The zero-order chi connectivity index (χ0) is 16.0. The van der Waals surface area contributed by atoms with Gasteiger partial charge in [-0.3, -0.25) is 0 Å². The molecule has 0 bridgehead atoms. The lowest BCUT2D eigenvalue weighted by molar-refractivity contribution is 0.626. The Kier molecular flexibility index (Phi) is 3.16. The zero-order valence-corrected chi connectivity index (χ0v) is 13.2. The number of benzene rings is 3. The second-order valence-corrected chi connectivity index (χ2v) is 6.16. The molecule has 0 spiro atoms. The van der Waals surface area contributed by atoms with Gasteiger partial charge in [0.15, 0.2) is 0 Å². The number of aryl methyl sites for hydroxylation is 2. The van der Waals surface area contributed by atoms with E-state index in [4.69, 9.17) is 0 Å². The standard InChI is InChI=1S/C22H17F/c1-14-7-9-16(10-8-14)12-20-18-5-3-4-6-19(18)22-15(2)11-17(23)13-21(20)22/h3-13H,1-2H3/b20-12+. The predicted molar refractivity (Wildman–Crippen MR) is 94.7 cm³/mol. The highest BCUT2D eigenvalue weighted by Crippen LogP contribution is 2.46. The van der Waals surface area contributed by atoms with Gasteiger partial charge in [0.25, 0.3) is 0 Å². The summed E-state index contributed by atoms with van der Waals surface area (Å²) in [5.74, 6) is -0.177. The van der Waals surface area contributed by atoms with Gasteiger partial charge in [0.1, 0.15) is 5.82 Å². The van der Waals surface area contributed by atoms with Crippen LogP contribution in [0.3, 0.4) is 0 Å². The van der Waals surface area contributed by atoms with Crippen LogP contribution in [0.5, 0.6) is 0 Å². The molecule has 0 amide bonds. The molecule has 0 saturated carbocycles. The Labute approximate surface area is 135 Å². The fourth-order valence-corrected chi connectivity index (χ4v) is 3.38. The Morgan fingerprint density at radius 1 is 0.783 bits per heavy atom. The van der Waals surface area contributed by atoms with Crippen molar-refractivity contribution in [2.75, 3.05) is 0 Å². The van der Waals surface area contributed by atoms with Crippen LogP contribution in [0, 0.1) is 19.7 Å². The summed E-state index contributed by atoms with van der Waals surface area (Å²) < 4.78 is 14.0. The predicted octanol–water partition coefficient (Wildman–Crippen LogP) is 6.01. The van der Waals surface area contributed by atoms with E-state index in [2.05, 4.69) is 49.4 Å². The first-order valence-electron chi connectivity index (χ1n) is 7.82. The largest absolute Gasteiger partial charge is 0.207 e. The van der Waals surface area contributed by atoms with E-state index in [1.807, 2.05) is 19.1 Å². The first-order chi connectivity index (χ1) is 11.1. The van der Waals surface area contributed by atoms with Crippen LogP contribution in [0.4, 0.5) is 4.39 Å². The van der Waals surface area contributed by atoms with Crippen LogP contribution in [0.2, 0.25) is 0 Å². The van der Waals surface area contributed by atoms with Crippen molar-refractivity contribution in [3.63, 3.8) is 0 Å². The molecule has 1 aliphatic carbocycles. The van der Waals surface area contributed by atoms with E-state index in [1.165, 1.54) is 16.7 Å². The van der Waals surface area contributed by atoms with Crippen molar-refractivity contribution in [3.05, 3.63) is 94.3 Å². The van der Waals surface area contributed by atoms with Gasteiger partial charge in [0, 0.05) is 0 Å². The summed E-state index contributed by atoms with van der Waals surface area (Å²) in [7, 11) is 0. The smallest absolute Gasteiger partial charge is 0.124 e. The van der Waals surface area contributed by atoms with E-state index in [9.17, 15) is 4.39 Å². The Balaban J connectivity index is 1.99. The lowest BCUT2D eigenvalue weighted by Crippen LogP contribution is -1.87. The Morgan fingerprint density at radius 2 is 1.48 bits per heavy atom. The highest BCUT2D eigenvalue weighted by molar-refractivity contribution is 6.07. The minimum absolute atomic E-state index is 0.177. The summed E-state index contributed by atoms with van der Waals surface area (Å²) in [5.41, 5.74) is 8.97. The molecule has 0 atom stereocenters. The average molecular weight is 300 g/mol. The summed E-state index contributed by atoms with van der Waals surface area (Å²) in [6.45, 7) is 4.06. The van der Waals surface area contributed by atoms with Gasteiger partial charge < -0.3 is 0 Å². The maximum Gasteiger partial charge on any atom is 0.124 e. The number of hydrogen-bond donors (Lipinski definition) is 0. The fourth-order valence-electron chi connectivity index (χ4n) is 3.38. The van der Waals surface area contributed by atoms with Gasteiger partial charge in [0.05, 0.1) is 0 Å². The second kappa shape index (κ2) is 5.20. The van der Waals surface area contributed by atoms with E-state index >= 15 is 0 Å². The van der Waals surface area contributed by atoms with Gasteiger partial charge in [-0.15, -0.1) is 0 Å². The normalized spacial score (nSPS) is 14.0. The number of hydrogen-bond acceptors (Lipinski definition) is 0. The van der Waals surface area contributed by atoms with Gasteiger partial charge in [-0.05, 0) is 71.0 Å². The zero-order valence-electron chi connectivity index (χ0n) is 13.2. The molecule has 112 valence electrons. The molecule has 4 rings (SSSR count). The van der Waals surface area contributed by atoms with Crippen molar-refractivity contribution in [3.8, 4) is 11.1 Å². The van der Waals surface area contributed by atoms with E-state index in [0.29, 0.717) is 0 Å². The van der Waals surface area contributed by atoms with Crippen LogP contribution in [0.1, 0.15) is 27.8 Å². The molecule has 1 heteroatoms. The Morgan fingerprint density at radius 3 is 2.22 bits per heavy atom. The first kappa shape index (κ1) is 14.0. The molecule has 0 saturated heterocycles. The molecule has 0 N–H and O–H groups in total. The molecule has 0 unspecified atom stereocenters. The molecule has 3 aromatic carbocycles. The molecule has 1 aliphatic rings. The minimum atomic E-state index is -0.177. The summed E-state index contributed by atoms with van der Waals surface area (Å²) in [4.78, 5) is 0. The van der Waals surface area contributed by atoms with Gasteiger partial charge in [0.2, 0.25) is 0 Å². The van der Waals surface area contributed by atoms with E-state index in [-0.39, 0.29) is 5.82 Å². The van der Waals surface area contributed by atoms with Crippen LogP contribution >= 0.6 is 0 Å². The lowest BCUT2D eigenvalue weighted by atomic mass is 9.99. The van der Waals surface area contributed by atoms with Crippen molar-refractivity contribution >= 4 is 11.6 Å². The number of fused-ring (bicyclic) bond motifs is 3. The third-order valence-corrected chi connectivity index (χ3v) is 4.47. The van der Waals surface area contributed by atoms with Crippen molar-refractivity contribution in [2.24, 2.45) is 0 Å². The molecule has 0 aliphatic heterocycles. The summed E-state index contributed by atoms with van der Waals surface area (Å²) in [6, 6.07) is 20.0. The third kappa shape index (κ3) is 2.29. The van der Waals surface area contributed by atoms with Crippen LogP contribution in [-0.2, 0) is 0 Å². The Bertz CT molecular complexity index is 931. The van der Waals surface area contributed by atoms with Crippen molar-refractivity contribution in [1.82, 2.24) is 0 Å². The molecule has 0 fully saturated rings.